The maximum atomic E-state index is 8.80. The Morgan fingerprint density at radius 2 is 2.00 bits per heavy atom. The number of rotatable bonds is 3. The first-order valence-electron chi connectivity index (χ1n) is 6.79. The molecule has 0 spiro atoms. The van der Waals surface area contributed by atoms with Gasteiger partial charge in [0.15, 0.2) is 0 Å². The molecule has 2 atom stereocenters. The minimum atomic E-state index is 0.347. The van der Waals surface area contributed by atoms with Crippen LogP contribution < -0.4 is 5.32 Å². The fraction of sp³-hybridized carbons (Fsp3) is 0.562. The molecule has 0 heterocycles. The molecule has 2 rings (SSSR count). The summed E-state index contributed by atoms with van der Waals surface area (Å²) in [5.74, 6) is 0. The SMILES string of the molecule is CC(NC1CCCC1(C)C)c1ccc(C#N)cc1. The van der Waals surface area contributed by atoms with Gasteiger partial charge in [-0.25, -0.2) is 0 Å². The normalized spacial score (nSPS) is 23.6. The summed E-state index contributed by atoms with van der Waals surface area (Å²) < 4.78 is 0. The van der Waals surface area contributed by atoms with Gasteiger partial charge >= 0.3 is 0 Å². The summed E-state index contributed by atoms with van der Waals surface area (Å²) in [7, 11) is 0. The molecule has 0 amide bonds. The van der Waals surface area contributed by atoms with Gasteiger partial charge in [-0.3, -0.25) is 0 Å². The number of nitriles is 1. The van der Waals surface area contributed by atoms with Gasteiger partial charge in [0.25, 0.3) is 0 Å². The maximum absolute atomic E-state index is 8.80. The van der Waals surface area contributed by atoms with Crippen LogP contribution in [-0.4, -0.2) is 6.04 Å². The van der Waals surface area contributed by atoms with Crippen molar-refractivity contribution in [3.05, 3.63) is 35.4 Å². The molecule has 0 aromatic heterocycles. The molecule has 1 aromatic rings. The van der Waals surface area contributed by atoms with Crippen molar-refractivity contribution in [2.24, 2.45) is 5.41 Å². The molecule has 2 unspecified atom stereocenters. The third-order valence-electron chi connectivity index (χ3n) is 4.25. The quantitative estimate of drug-likeness (QED) is 0.875. The third-order valence-corrected chi connectivity index (χ3v) is 4.25. The zero-order valence-corrected chi connectivity index (χ0v) is 11.5. The lowest BCUT2D eigenvalue weighted by molar-refractivity contribution is 0.266. The van der Waals surface area contributed by atoms with E-state index in [0.717, 1.165) is 5.56 Å². The first-order chi connectivity index (χ1) is 8.53. The van der Waals surface area contributed by atoms with E-state index in [1.165, 1.54) is 24.8 Å². The predicted molar refractivity (Wildman–Crippen MR) is 74.1 cm³/mol. The molecule has 96 valence electrons. The summed E-state index contributed by atoms with van der Waals surface area (Å²) in [6, 6.07) is 11.0. The Morgan fingerprint density at radius 1 is 1.33 bits per heavy atom. The summed E-state index contributed by atoms with van der Waals surface area (Å²) in [6.45, 7) is 6.90. The molecule has 0 saturated heterocycles. The van der Waals surface area contributed by atoms with E-state index in [4.69, 9.17) is 5.26 Å². The third kappa shape index (κ3) is 2.73. The number of hydrogen-bond donors (Lipinski definition) is 1. The van der Waals surface area contributed by atoms with Gasteiger partial charge in [-0.2, -0.15) is 5.26 Å². The molecule has 1 aliphatic rings. The Kier molecular flexibility index (Phi) is 3.73. The van der Waals surface area contributed by atoms with Gasteiger partial charge in [0, 0.05) is 12.1 Å². The first kappa shape index (κ1) is 13.1. The van der Waals surface area contributed by atoms with Crippen LogP contribution in [0.15, 0.2) is 24.3 Å². The maximum Gasteiger partial charge on any atom is 0.0991 e. The second-order valence-corrected chi connectivity index (χ2v) is 6.06. The highest BCUT2D eigenvalue weighted by Crippen LogP contribution is 2.38. The lowest BCUT2D eigenvalue weighted by Crippen LogP contribution is -2.39. The first-order valence-corrected chi connectivity index (χ1v) is 6.79. The van der Waals surface area contributed by atoms with E-state index in [-0.39, 0.29) is 0 Å². The van der Waals surface area contributed by atoms with Crippen molar-refractivity contribution in [2.45, 2.75) is 52.1 Å². The summed E-state index contributed by atoms with van der Waals surface area (Å²) >= 11 is 0. The van der Waals surface area contributed by atoms with E-state index < -0.39 is 0 Å². The highest BCUT2D eigenvalue weighted by atomic mass is 15.0. The van der Waals surface area contributed by atoms with Gasteiger partial charge in [0.05, 0.1) is 11.6 Å². The Morgan fingerprint density at radius 3 is 2.50 bits per heavy atom. The summed E-state index contributed by atoms with van der Waals surface area (Å²) in [5, 5.41) is 12.5. The summed E-state index contributed by atoms with van der Waals surface area (Å²) in [4.78, 5) is 0. The van der Waals surface area contributed by atoms with Crippen molar-refractivity contribution in [3.63, 3.8) is 0 Å². The van der Waals surface area contributed by atoms with Crippen molar-refractivity contribution in [3.8, 4) is 6.07 Å². The molecule has 0 bridgehead atoms. The topological polar surface area (TPSA) is 35.8 Å². The number of benzene rings is 1. The molecule has 0 aliphatic heterocycles. The van der Waals surface area contributed by atoms with Gasteiger partial charge in [0.1, 0.15) is 0 Å². The molecular formula is C16H22N2. The van der Waals surface area contributed by atoms with Gasteiger partial charge in [-0.1, -0.05) is 32.4 Å². The molecular weight excluding hydrogens is 220 g/mol. The minimum absolute atomic E-state index is 0.347. The Balaban J connectivity index is 2.03. The van der Waals surface area contributed by atoms with Crippen LogP contribution >= 0.6 is 0 Å². The van der Waals surface area contributed by atoms with Crippen LogP contribution in [0.2, 0.25) is 0 Å². The van der Waals surface area contributed by atoms with Crippen molar-refractivity contribution in [1.82, 2.24) is 5.32 Å². The monoisotopic (exact) mass is 242 g/mol. The molecule has 1 aromatic carbocycles. The zero-order chi connectivity index (χ0) is 13.2. The lowest BCUT2D eigenvalue weighted by atomic mass is 9.86. The summed E-state index contributed by atoms with van der Waals surface area (Å²) in [5.41, 5.74) is 2.39. The van der Waals surface area contributed by atoms with Gasteiger partial charge in [-0.05, 0) is 42.9 Å². The van der Waals surface area contributed by atoms with Gasteiger partial charge in [-0.15, -0.1) is 0 Å². The average molecular weight is 242 g/mol. The fourth-order valence-corrected chi connectivity index (χ4v) is 2.88. The van der Waals surface area contributed by atoms with Crippen molar-refractivity contribution in [2.75, 3.05) is 0 Å². The molecule has 1 N–H and O–H groups in total. The zero-order valence-electron chi connectivity index (χ0n) is 11.5. The molecule has 18 heavy (non-hydrogen) atoms. The van der Waals surface area contributed by atoms with Crippen LogP contribution in [0.3, 0.4) is 0 Å². The number of hydrogen-bond acceptors (Lipinski definition) is 2. The second kappa shape index (κ2) is 5.12. The number of nitrogens with one attached hydrogen (secondary N) is 1. The van der Waals surface area contributed by atoms with Crippen LogP contribution in [0.5, 0.6) is 0 Å². The molecule has 2 heteroatoms. The van der Waals surface area contributed by atoms with Crippen LogP contribution in [-0.2, 0) is 0 Å². The molecule has 1 saturated carbocycles. The molecule has 1 fully saturated rings. The fourth-order valence-electron chi connectivity index (χ4n) is 2.88. The van der Waals surface area contributed by atoms with Crippen LogP contribution in [0.1, 0.15) is 57.2 Å². The van der Waals surface area contributed by atoms with Crippen molar-refractivity contribution < 1.29 is 0 Å². The van der Waals surface area contributed by atoms with E-state index in [9.17, 15) is 0 Å². The van der Waals surface area contributed by atoms with E-state index in [2.05, 4.69) is 44.3 Å². The Bertz CT molecular complexity index is 439. The second-order valence-electron chi connectivity index (χ2n) is 6.06. The standard InChI is InChI=1S/C16H22N2/c1-12(14-8-6-13(11-17)7-9-14)18-15-5-4-10-16(15,2)3/h6-9,12,15,18H,4-5,10H2,1-3H3. The smallest absolute Gasteiger partial charge is 0.0991 e. The molecule has 2 nitrogen and oxygen atoms in total. The highest BCUT2D eigenvalue weighted by Gasteiger charge is 2.34. The van der Waals surface area contributed by atoms with E-state index >= 15 is 0 Å². The van der Waals surface area contributed by atoms with E-state index in [1.807, 2.05) is 12.1 Å². The molecule has 1 aliphatic carbocycles. The lowest BCUT2D eigenvalue weighted by Gasteiger charge is -2.31. The predicted octanol–water partition coefficient (Wildman–Crippen LogP) is 3.79. The van der Waals surface area contributed by atoms with Crippen LogP contribution in [0.25, 0.3) is 0 Å². The highest BCUT2D eigenvalue weighted by molar-refractivity contribution is 5.32. The van der Waals surface area contributed by atoms with E-state index in [0.29, 0.717) is 17.5 Å². The Labute approximate surface area is 110 Å². The van der Waals surface area contributed by atoms with Crippen molar-refractivity contribution >= 4 is 0 Å². The molecule has 0 radical (unpaired) electrons. The van der Waals surface area contributed by atoms with Crippen LogP contribution in [0, 0.1) is 16.7 Å². The van der Waals surface area contributed by atoms with Crippen molar-refractivity contribution in [1.29, 1.82) is 5.26 Å². The average Bonchev–Trinajstić information content (AvgIpc) is 2.69. The van der Waals surface area contributed by atoms with E-state index in [1.54, 1.807) is 0 Å². The Hall–Kier alpha value is -1.33. The van der Waals surface area contributed by atoms with Crippen LogP contribution in [0.4, 0.5) is 0 Å². The van der Waals surface area contributed by atoms with Gasteiger partial charge < -0.3 is 5.32 Å². The summed E-state index contributed by atoms with van der Waals surface area (Å²) in [6.07, 6.45) is 3.91. The largest absolute Gasteiger partial charge is 0.307 e. The van der Waals surface area contributed by atoms with Gasteiger partial charge in [0.2, 0.25) is 0 Å². The minimum Gasteiger partial charge on any atom is -0.307 e. The number of nitrogens with zero attached hydrogens (tertiary/aromatic N) is 1.